The summed E-state index contributed by atoms with van der Waals surface area (Å²) in [4.78, 5) is 14.1. The number of amides is 1. The Morgan fingerprint density at radius 3 is 2.83 bits per heavy atom. The topological polar surface area (TPSA) is 38.3 Å². The van der Waals surface area contributed by atoms with Crippen molar-refractivity contribution in [3.05, 3.63) is 12.2 Å². The summed E-state index contributed by atoms with van der Waals surface area (Å²) in [5.74, 6) is -0.0476. The highest BCUT2D eigenvalue weighted by Crippen LogP contribution is 2.08. The Balaban J connectivity index is 2.29. The van der Waals surface area contributed by atoms with Crippen LogP contribution in [-0.2, 0) is 9.22 Å². The molecule has 1 fully saturated rings. The molecule has 1 unspecified atom stereocenters. The van der Waals surface area contributed by atoms with Gasteiger partial charge in [0.05, 0.1) is 0 Å². The predicted molar refractivity (Wildman–Crippen MR) is 50.1 cm³/mol. The summed E-state index contributed by atoms with van der Waals surface area (Å²) >= 11 is 0. The van der Waals surface area contributed by atoms with Crippen molar-refractivity contribution in [3.8, 4) is 0 Å². The average molecular weight is 185 g/mol. The quantitative estimate of drug-likeness (QED) is 0.508. The first-order valence-electron chi connectivity index (χ1n) is 4.28. The van der Waals surface area contributed by atoms with E-state index in [0.29, 0.717) is 5.57 Å². The Kier molecular flexibility index (Phi) is 3.49. The lowest BCUT2D eigenvalue weighted by Crippen LogP contribution is -2.43. The molecule has 0 aromatic carbocycles. The van der Waals surface area contributed by atoms with Gasteiger partial charge in [0.25, 0.3) is 9.20 Å². The van der Waals surface area contributed by atoms with Crippen LogP contribution >= 0.6 is 0 Å². The van der Waals surface area contributed by atoms with Crippen LogP contribution in [0, 0.1) is 0 Å². The van der Waals surface area contributed by atoms with Crippen molar-refractivity contribution in [1.29, 1.82) is 0 Å². The molecule has 12 heavy (non-hydrogen) atoms. The maximum atomic E-state index is 11.2. The van der Waals surface area contributed by atoms with E-state index in [4.69, 9.17) is 4.43 Å². The van der Waals surface area contributed by atoms with Gasteiger partial charge >= 0.3 is 0 Å². The minimum absolute atomic E-state index is 0.0476. The molecule has 1 N–H and O–H groups in total. The summed E-state index contributed by atoms with van der Waals surface area (Å²) in [6.45, 7) is 6.10. The number of carbonyl (C=O) groups is 1. The lowest BCUT2D eigenvalue weighted by molar-refractivity contribution is -0.116. The molecule has 0 aromatic rings. The van der Waals surface area contributed by atoms with Crippen LogP contribution in [0.3, 0.4) is 0 Å². The molecule has 68 valence electrons. The molecule has 0 spiro atoms. The van der Waals surface area contributed by atoms with Gasteiger partial charge in [0.15, 0.2) is 0 Å². The van der Waals surface area contributed by atoms with Gasteiger partial charge in [-0.2, -0.15) is 0 Å². The number of hydrogen-bond donors (Lipinski definition) is 1. The SMILES string of the molecule is C=C(C)C(=O)N[SiH]1CCCCO1. The fourth-order valence-electron chi connectivity index (χ4n) is 1.12. The Bertz CT molecular complexity index is 187. The first-order valence-corrected chi connectivity index (χ1v) is 6.14. The van der Waals surface area contributed by atoms with Crippen LogP contribution in [0.25, 0.3) is 0 Å². The van der Waals surface area contributed by atoms with Gasteiger partial charge in [-0.25, -0.2) is 0 Å². The van der Waals surface area contributed by atoms with Gasteiger partial charge in [-0.1, -0.05) is 6.58 Å². The van der Waals surface area contributed by atoms with Gasteiger partial charge in [-0.3, -0.25) is 4.79 Å². The normalized spacial score (nSPS) is 23.2. The molecule has 1 atom stereocenters. The van der Waals surface area contributed by atoms with Crippen LogP contribution in [-0.4, -0.2) is 21.7 Å². The molecular formula is C8H15NO2Si. The minimum Gasteiger partial charge on any atom is -0.401 e. The maximum absolute atomic E-state index is 11.2. The van der Waals surface area contributed by atoms with Gasteiger partial charge in [-0.15, -0.1) is 0 Å². The molecule has 1 amide bonds. The Morgan fingerprint density at radius 1 is 1.58 bits per heavy atom. The Labute approximate surface area is 74.6 Å². The number of rotatable bonds is 2. The van der Waals surface area contributed by atoms with Crippen molar-refractivity contribution >= 4 is 15.1 Å². The first kappa shape index (κ1) is 9.47. The molecule has 0 saturated carbocycles. The first-order chi connectivity index (χ1) is 5.70. The van der Waals surface area contributed by atoms with Gasteiger partial charge in [0.1, 0.15) is 0 Å². The third kappa shape index (κ3) is 2.79. The third-order valence-electron chi connectivity index (χ3n) is 1.86. The van der Waals surface area contributed by atoms with Crippen molar-refractivity contribution in [3.63, 3.8) is 0 Å². The molecule has 0 aliphatic carbocycles. The van der Waals surface area contributed by atoms with Gasteiger partial charge < -0.3 is 9.41 Å². The van der Waals surface area contributed by atoms with Crippen LogP contribution in [0.5, 0.6) is 0 Å². The van der Waals surface area contributed by atoms with Gasteiger partial charge in [0, 0.05) is 12.2 Å². The summed E-state index contributed by atoms with van der Waals surface area (Å²) in [6, 6.07) is 1.05. The molecule has 1 heterocycles. The highest BCUT2D eigenvalue weighted by molar-refractivity contribution is 6.53. The van der Waals surface area contributed by atoms with E-state index in [1.807, 2.05) is 0 Å². The van der Waals surface area contributed by atoms with E-state index in [2.05, 4.69) is 11.6 Å². The molecule has 1 aliphatic rings. The van der Waals surface area contributed by atoms with Crippen LogP contribution < -0.4 is 4.98 Å². The highest BCUT2D eigenvalue weighted by atomic mass is 28.3. The standard InChI is InChI=1S/C8H15NO2Si/c1-7(2)8(10)9-12-6-4-3-5-11-12/h12H,1,3-6H2,2H3,(H,9,10). The van der Waals surface area contributed by atoms with Crippen molar-refractivity contribution < 1.29 is 9.22 Å². The molecule has 1 aliphatic heterocycles. The third-order valence-corrected chi connectivity index (χ3v) is 4.01. The largest absolute Gasteiger partial charge is 0.401 e. The average Bonchev–Trinajstić information content (AvgIpc) is 2.06. The van der Waals surface area contributed by atoms with E-state index in [9.17, 15) is 4.79 Å². The van der Waals surface area contributed by atoms with Crippen molar-refractivity contribution in [2.24, 2.45) is 0 Å². The summed E-state index contributed by atoms with van der Waals surface area (Å²) in [7, 11) is -1.40. The zero-order valence-electron chi connectivity index (χ0n) is 7.43. The van der Waals surface area contributed by atoms with Crippen molar-refractivity contribution in [2.75, 3.05) is 6.61 Å². The lowest BCUT2D eigenvalue weighted by Gasteiger charge is -2.21. The summed E-state index contributed by atoms with van der Waals surface area (Å²) in [5, 5.41) is 0. The smallest absolute Gasteiger partial charge is 0.283 e. The van der Waals surface area contributed by atoms with Crippen LogP contribution in [0.4, 0.5) is 0 Å². The second-order valence-electron chi connectivity index (χ2n) is 3.11. The molecule has 3 nitrogen and oxygen atoms in total. The maximum Gasteiger partial charge on any atom is 0.283 e. The molecule has 4 heteroatoms. The molecule has 0 bridgehead atoms. The summed E-state index contributed by atoms with van der Waals surface area (Å²) in [6.07, 6.45) is 2.32. The molecule has 1 rings (SSSR count). The van der Waals surface area contributed by atoms with Crippen LogP contribution in [0.15, 0.2) is 12.2 Å². The van der Waals surface area contributed by atoms with E-state index in [1.54, 1.807) is 6.92 Å². The van der Waals surface area contributed by atoms with Crippen molar-refractivity contribution in [1.82, 2.24) is 4.98 Å². The summed E-state index contributed by atoms with van der Waals surface area (Å²) in [5.41, 5.74) is 0.566. The van der Waals surface area contributed by atoms with E-state index >= 15 is 0 Å². The number of carbonyl (C=O) groups excluding carboxylic acids is 1. The monoisotopic (exact) mass is 185 g/mol. The van der Waals surface area contributed by atoms with E-state index in [1.165, 1.54) is 6.42 Å². The fourth-order valence-corrected chi connectivity index (χ4v) is 3.17. The van der Waals surface area contributed by atoms with E-state index in [0.717, 1.165) is 19.1 Å². The minimum atomic E-state index is -1.40. The zero-order chi connectivity index (χ0) is 8.97. The Morgan fingerprint density at radius 2 is 2.33 bits per heavy atom. The Hall–Kier alpha value is -0.613. The van der Waals surface area contributed by atoms with Crippen molar-refractivity contribution in [2.45, 2.75) is 25.8 Å². The number of hydrogen-bond acceptors (Lipinski definition) is 2. The van der Waals surface area contributed by atoms with Gasteiger partial charge in [0.2, 0.25) is 5.91 Å². The highest BCUT2D eigenvalue weighted by Gasteiger charge is 2.18. The lowest BCUT2D eigenvalue weighted by atomic mass is 10.3. The fraction of sp³-hybridized carbons (Fsp3) is 0.625. The van der Waals surface area contributed by atoms with E-state index < -0.39 is 9.20 Å². The predicted octanol–water partition coefficient (Wildman–Crippen LogP) is 0.710. The second-order valence-corrected chi connectivity index (χ2v) is 5.29. The number of nitrogens with one attached hydrogen (secondary N) is 1. The van der Waals surface area contributed by atoms with E-state index in [-0.39, 0.29) is 5.91 Å². The zero-order valence-corrected chi connectivity index (χ0v) is 8.58. The van der Waals surface area contributed by atoms with Crippen LogP contribution in [0.2, 0.25) is 6.04 Å². The molecular weight excluding hydrogens is 170 g/mol. The molecule has 0 aromatic heterocycles. The van der Waals surface area contributed by atoms with Gasteiger partial charge in [-0.05, 0) is 25.8 Å². The second kappa shape index (κ2) is 4.42. The summed E-state index contributed by atoms with van der Waals surface area (Å²) < 4.78 is 5.46. The molecule has 0 radical (unpaired) electrons. The van der Waals surface area contributed by atoms with Crippen LogP contribution in [0.1, 0.15) is 19.8 Å². The molecule has 1 saturated heterocycles.